The van der Waals surface area contributed by atoms with Crippen molar-refractivity contribution in [2.75, 3.05) is 0 Å². The smallest absolute Gasteiger partial charge is 0.294 e. The van der Waals surface area contributed by atoms with Crippen LogP contribution in [0.2, 0.25) is 0 Å². The van der Waals surface area contributed by atoms with Gasteiger partial charge in [0.1, 0.15) is 57.5 Å². The van der Waals surface area contributed by atoms with Crippen molar-refractivity contribution in [3.63, 3.8) is 0 Å². The quantitative estimate of drug-likeness (QED) is 0.0459. The molecule has 484 valence electrons. The summed E-state index contributed by atoms with van der Waals surface area (Å²) in [7, 11) is -20.9. The molecule has 4 N–H and O–H groups in total. The lowest BCUT2D eigenvalue weighted by atomic mass is 9.72. The van der Waals surface area contributed by atoms with Gasteiger partial charge in [-0.2, -0.15) is 33.7 Å². The van der Waals surface area contributed by atoms with Crippen LogP contribution in [0.4, 0.5) is 0 Å². The first kappa shape index (κ1) is 67.1. The maximum Gasteiger partial charge on any atom is 0.294 e. The largest absolute Gasteiger partial charge is 0.457 e. The van der Waals surface area contributed by atoms with E-state index in [4.69, 9.17) is 23.7 Å². The minimum atomic E-state index is -4.44. The standard InChI is InChI=1S/C71H64O17P2S4/c1-69(2,3)45-41-63-67(65(43-45)89(55-25-9-47(10-26-55)84-51-17-33-59(34-18-51)91(72,73)74)56-27-11-48(12-28-56)85-52-19-35-60(36-20-52)92(75,76)77)88-68-64(71(63,7)8)42-46(70(4,5)6)44-66(68)90(57-29-13-49(14-30-57)86-53-21-37-61(38-22-53)93(78,79)80)58-31-15-50(16-32-58)87-54-23-39-62(40-24-54)94(81,82)83/h9-44H,1-8H3,(H,72,73,74)(H,75,76,77)(H,78,79,80)(H,81,82,83). The molecule has 10 aromatic carbocycles. The van der Waals surface area contributed by atoms with E-state index < -0.39 is 61.7 Å². The van der Waals surface area contributed by atoms with Crippen molar-refractivity contribution < 1.29 is 75.6 Å². The monoisotopic (exact) mass is 1380 g/mol. The van der Waals surface area contributed by atoms with E-state index in [0.717, 1.165) is 54.1 Å². The van der Waals surface area contributed by atoms with Crippen LogP contribution in [-0.2, 0) is 56.7 Å². The second-order valence-electron chi connectivity index (χ2n) is 24.8. The van der Waals surface area contributed by atoms with Crippen molar-refractivity contribution in [3.8, 4) is 57.5 Å². The molecule has 0 aromatic heterocycles. The van der Waals surface area contributed by atoms with Crippen molar-refractivity contribution in [2.24, 2.45) is 0 Å². The van der Waals surface area contributed by atoms with E-state index in [-0.39, 0.29) is 30.4 Å². The molecule has 0 aliphatic carbocycles. The van der Waals surface area contributed by atoms with Gasteiger partial charge in [0.25, 0.3) is 40.5 Å². The highest BCUT2D eigenvalue weighted by Gasteiger charge is 2.42. The van der Waals surface area contributed by atoms with Crippen molar-refractivity contribution in [2.45, 2.75) is 91.2 Å². The highest BCUT2D eigenvalue weighted by Crippen LogP contribution is 2.55. The molecular weight excluding hydrogens is 1310 g/mol. The minimum absolute atomic E-state index is 0.278. The minimum Gasteiger partial charge on any atom is -0.457 e. The molecule has 23 heteroatoms. The summed E-state index contributed by atoms with van der Waals surface area (Å²) in [6.07, 6.45) is 0. The van der Waals surface area contributed by atoms with Gasteiger partial charge in [0.15, 0.2) is 0 Å². The summed E-state index contributed by atoms with van der Waals surface area (Å²) in [5, 5.41) is 5.40. The van der Waals surface area contributed by atoms with Gasteiger partial charge in [-0.15, -0.1) is 0 Å². The third-order valence-electron chi connectivity index (χ3n) is 15.7. The highest BCUT2D eigenvalue weighted by molar-refractivity contribution is 7.86. The Morgan fingerprint density at radius 2 is 0.511 bits per heavy atom. The van der Waals surface area contributed by atoms with Crippen LogP contribution in [0.15, 0.2) is 238 Å². The SMILES string of the molecule is CC(C)(C)c1cc(P(c2ccc(Oc3ccc(S(=O)(=O)O)cc3)cc2)c2ccc(Oc3ccc(S(=O)(=O)O)cc3)cc2)c2c(c1)C(C)(C)c1cc(C(C)(C)C)cc(P(c3ccc(Oc4ccc(S(=O)(=O)O)cc4)cc3)c3ccc(Oc4ccc(S(=O)(=O)O)cc4)cc3)c1O2. The normalized spacial score (nSPS) is 13.4. The van der Waals surface area contributed by atoms with Gasteiger partial charge in [0, 0.05) is 27.2 Å². The average molecular weight is 1380 g/mol. The predicted octanol–water partition coefficient (Wildman–Crippen LogP) is 14.4. The van der Waals surface area contributed by atoms with Crippen LogP contribution in [0.3, 0.4) is 0 Å². The number of ether oxygens (including phenoxy) is 5. The molecule has 1 aliphatic heterocycles. The van der Waals surface area contributed by atoms with E-state index in [1.165, 1.54) is 97.1 Å². The summed E-state index contributed by atoms with van der Waals surface area (Å²) in [6.45, 7) is 17.5. The van der Waals surface area contributed by atoms with Gasteiger partial charge in [-0.25, -0.2) is 0 Å². The second kappa shape index (κ2) is 25.4. The van der Waals surface area contributed by atoms with Crippen LogP contribution >= 0.6 is 15.8 Å². The Balaban J connectivity index is 1.07. The van der Waals surface area contributed by atoms with Gasteiger partial charge in [-0.3, -0.25) is 18.2 Å². The first-order valence-electron chi connectivity index (χ1n) is 29.1. The molecule has 1 aliphatic rings. The Morgan fingerprint density at radius 1 is 0.319 bits per heavy atom. The molecule has 94 heavy (non-hydrogen) atoms. The molecule has 0 spiro atoms. The molecule has 0 unspecified atom stereocenters. The maximum atomic E-state index is 11.9. The summed E-state index contributed by atoms with van der Waals surface area (Å²) >= 11 is 0. The topological polar surface area (TPSA) is 264 Å². The number of fused-ring (bicyclic) bond motifs is 2. The van der Waals surface area contributed by atoms with Crippen LogP contribution in [0.1, 0.15) is 77.6 Å². The van der Waals surface area contributed by atoms with E-state index in [1.807, 2.05) is 97.1 Å². The van der Waals surface area contributed by atoms with Crippen LogP contribution in [0.5, 0.6) is 57.5 Å². The number of benzene rings is 10. The van der Waals surface area contributed by atoms with E-state index >= 15 is 0 Å². The molecule has 17 nitrogen and oxygen atoms in total. The zero-order chi connectivity index (χ0) is 67.5. The Morgan fingerprint density at radius 3 is 0.691 bits per heavy atom. The van der Waals surface area contributed by atoms with Crippen molar-refractivity contribution in [1.29, 1.82) is 0 Å². The van der Waals surface area contributed by atoms with Gasteiger partial charge < -0.3 is 23.7 Å². The molecule has 0 bridgehead atoms. The second-order valence-corrected chi connectivity index (χ2v) is 34.9. The van der Waals surface area contributed by atoms with Crippen LogP contribution in [0, 0.1) is 0 Å². The van der Waals surface area contributed by atoms with Crippen LogP contribution in [0.25, 0.3) is 0 Å². The summed E-state index contributed by atoms with van der Waals surface area (Å²) in [6, 6.07) is 61.1. The maximum absolute atomic E-state index is 11.9. The molecule has 0 atom stereocenters. The van der Waals surface area contributed by atoms with E-state index in [1.54, 1.807) is 0 Å². The first-order valence-corrected chi connectivity index (χ1v) is 37.6. The zero-order valence-electron chi connectivity index (χ0n) is 51.9. The number of hydrogen-bond acceptors (Lipinski definition) is 13. The third kappa shape index (κ3) is 14.9. The van der Waals surface area contributed by atoms with Crippen molar-refractivity contribution in [3.05, 3.63) is 241 Å². The van der Waals surface area contributed by atoms with Gasteiger partial charge in [0.05, 0.1) is 19.6 Å². The molecule has 0 saturated heterocycles. The third-order valence-corrected chi connectivity index (χ3v) is 24.1. The van der Waals surface area contributed by atoms with Crippen molar-refractivity contribution >= 4 is 88.1 Å². The van der Waals surface area contributed by atoms with E-state index in [9.17, 15) is 51.9 Å². The summed E-state index contributed by atoms with van der Waals surface area (Å²) in [4.78, 5) is -1.11. The Hall–Kier alpha value is -8.30. The lowest BCUT2D eigenvalue weighted by molar-refractivity contribution is 0.421. The molecule has 1 heterocycles. The summed E-state index contributed by atoms with van der Waals surface area (Å²) in [5.41, 5.74) is 2.53. The van der Waals surface area contributed by atoms with Gasteiger partial charge in [0.2, 0.25) is 0 Å². The Bertz CT molecular complexity index is 4410. The molecular formula is C71H64O17P2S4. The Kier molecular flexibility index (Phi) is 18.2. The Labute approximate surface area is 549 Å². The molecule has 0 radical (unpaired) electrons. The number of rotatable bonds is 18. The predicted molar refractivity (Wildman–Crippen MR) is 365 cm³/mol. The molecule has 0 fully saturated rings. The van der Waals surface area contributed by atoms with Crippen LogP contribution in [-0.4, -0.2) is 51.9 Å². The van der Waals surface area contributed by atoms with Gasteiger partial charge in [-0.05, 0) is 217 Å². The van der Waals surface area contributed by atoms with Crippen molar-refractivity contribution in [1.82, 2.24) is 0 Å². The molecule has 10 aromatic rings. The lowest BCUT2D eigenvalue weighted by Gasteiger charge is -2.41. The number of hydrogen-bond donors (Lipinski definition) is 4. The average Bonchev–Trinajstić information content (AvgIpc) is 0.715. The fourth-order valence-corrected chi connectivity index (χ4v) is 17.3. The van der Waals surface area contributed by atoms with E-state index in [0.29, 0.717) is 57.5 Å². The highest BCUT2D eigenvalue weighted by atomic mass is 32.2. The van der Waals surface area contributed by atoms with Gasteiger partial charge in [-0.1, -0.05) is 116 Å². The molecule has 0 amide bonds. The molecule has 11 rings (SSSR count). The fourth-order valence-electron chi connectivity index (χ4n) is 10.6. The zero-order valence-corrected chi connectivity index (χ0v) is 57.0. The fraction of sp³-hybridized carbons (Fsp3) is 0.155. The summed E-state index contributed by atoms with van der Waals surface area (Å²) in [5.74, 6) is 4.47. The van der Waals surface area contributed by atoms with Gasteiger partial charge >= 0.3 is 0 Å². The molecule has 0 saturated carbocycles. The van der Waals surface area contributed by atoms with E-state index in [2.05, 4.69) is 79.7 Å². The van der Waals surface area contributed by atoms with Crippen LogP contribution < -0.4 is 55.5 Å². The summed E-state index contributed by atoms with van der Waals surface area (Å²) < 4.78 is 166. The lowest BCUT2D eigenvalue weighted by Crippen LogP contribution is -2.35. The first-order chi connectivity index (χ1) is 44.1.